The van der Waals surface area contributed by atoms with Crippen molar-refractivity contribution in [3.63, 3.8) is 0 Å². The van der Waals surface area contributed by atoms with E-state index in [-0.39, 0.29) is 0 Å². The summed E-state index contributed by atoms with van der Waals surface area (Å²) in [5.41, 5.74) is -0.0813. The molecule has 2 aromatic rings. The molecule has 4 heteroatoms. The van der Waals surface area contributed by atoms with Gasteiger partial charge in [0.25, 0.3) is 0 Å². The number of rotatable bonds is 3. The van der Waals surface area contributed by atoms with Crippen LogP contribution in [0.1, 0.15) is 12.5 Å². The minimum Gasteiger partial charge on any atom is -0.241 e. The van der Waals surface area contributed by atoms with Crippen molar-refractivity contribution in [3.8, 4) is 0 Å². The zero-order valence-electron chi connectivity index (χ0n) is 10.9. The molecule has 0 heterocycles. The molecule has 0 amide bonds. The zero-order chi connectivity index (χ0) is 13.9. The van der Waals surface area contributed by atoms with Gasteiger partial charge in [0.2, 0.25) is 0 Å². The third-order valence-corrected chi connectivity index (χ3v) is 5.17. The SMILES string of the molecule is Cc1ccccc1N=S(=O)(c1ccccc1)C(C)F. The van der Waals surface area contributed by atoms with E-state index in [1.165, 1.54) is 6.92 Å². The molecule has 2 unspecified atom stereocenters. The molecule has 0 N–H and O–H groups in total. The Morgan fingerprint density at radius 1 is 1.05 bits per heavy atom. The van der Waals surface area contributed by atoms with Crippen molar-refractivity contribution in [2.75, 3.05) is 0 Å². The van der Waals surface area contributed by atoms with Crippen molar-refractivity contribution in [3.05, 3.63) is 60.2 Å². The van der Waals surface area contributed by atoms with E-state index in [0.29, 0.717) is 10.6 Å². The van der Waals surface area contributed by atoms with Crippen LogP contribution in [0, 0.1) is 6.92 Å². The molecular formula is C15H16FNOS. The van der Waals surface area contributed by atoms with Gasteiger partial charge in [0.1, 0.15) is 9.73 Å². The van der Waals surface area contributed by atoms with Crippen LogP contribution >= 0.6 is 0 Å². The molecule has 0 aliphatic rings. The van der Waals surface area contributed by atoms with Crippen LogP contribution in [0.15, 0.2) is 63.9 Å². The van der Waals surface area contributed by atoms with Gasteiger partial charge in [-0.3, -0.25) is 0 Å². The minimum absolute atomic E-state index is 0.424. The first-order valence-electron chi connectivity index (χ1n) is 6.05. The highest BCUT2D eigenvalue weighted by atomic mass is 32.2. The lowest BCUT2D eigenvalue weighted by Crippen LogP contribution is -2.12. The number of hydrogen-bond donors (Lipinski definition) is 0. The summed E-state index contributed by atoms with van der Waals surface area (Å²) in [6.45, 7) is 3.16. The van der Waals surface area contributed by atoms with Gasteiger partial charge in [-0.25, -0.2) is 8.60 Å². The Kier molecular flexibility index (Phi) is 4.00. The molecule has 0 aromatic heterocycles. The average Bonchev–Trinajstić information content (AvgIpc) is 2.42. The van der Waals surface area contributed by atoms with Crippen molar-refractivity contribution in [2.24, 2.45) is 4.36 Å². The number of benzene rings is 2. The van der Waals surface area contributed by atoms with Crippen LogP contribution in [-0.2, 0) is 9.73 Å². The Morgan fingerprint density at radius 2 is 1.63 bits per heavy atom. The first-order valence-corrected chi connectivity index (χ1v) is 7.62. The Labute approximate surface area is 113 Å². The largest absolute Gasteiger partial charge is 0.241 e. The van der Waals surface area contributed by atoms with Crippen molar-refractivity contribution >= 4 is 15.4 Å². The van der Waals surface area contributed by atoms with Gasteiger partial charge in [0, 0.05) is 0 Å². The van der Waals surface area contributed by atoms with E-state index in [1.54, 1.807) is 42.5 Å². The lowest BCUT2D eigenvalue weighted by Gasteiger charge is -2.12. The summed E-state index contributed by atoms with van der Waals surface area (Å²) in [6, 6.07) is 15.9. The molecule has 0 fully saturated rings. The standard InChI is InChI=1S/C15H16FNOS/c1-12-8-6-7-11-15(12)17-19(18,13(2)16)14-9-4-3-5-10-14/h3-11,13H,1-2H3. The average molecular weight is 277 g/mol. The molecular weight excluding hydrogens is 261 g/mol. The molecule has 0 saturated carbocycles. The van der Waals surface area contributed by atoms with Crippen LogP contribution in [0.4, 0.5) is 10.1 Å². The van der Waals surface area contributed by atoms with Gasteiger partial charge >= 0.3 is 0 Å². The van der Waals surface area contributed by atoms with Crippen LogP contribution in [0.2, 0.25) is 0 Å². The predicted molar refractivity (Wildman–Crippen MR) is 76.7 cm³/mol. The Morgan fingerprint density at radius 3 is 2.21 bits per heavy atom. The van der Waals surface area contributed by atoms with Crippen molar-refractivity contribution in [1.29, 1.82) is 0 Å². The quantitative estimate of drug-likeness (QED) is 0.814. The van der Waals surface area contributed by atoms with Crippen LogP contribution in [0.25, 0.3) is 0 Å². The molecule has 0 aliphatic heterocycles. The van der Waals surface area contributed by atoms with Gasteiger partial charge in [-0.15, -0.1) is 0 Å². The van der Waals surface area contributed by atoms with Gasteiger partial charge in [-0.05, 0) is 37.6 Å². The van der Waals surface area contributed by atoms with E-state index in [1.807, 2.05) is 19.1 Å². The summed E-state index contributed by atoms with van der Waals surface area (Å²) >= 11 is 0. The summed E-state index contributed by atoms with van der Waals surface area (Å²) < 4.78 is 31.0. The first kappa shape index (κ1) is 13.7. The Bertz CT molecular complexity index is 674. The summed E-state index contributed by atoms with van der Waals surface area (Å²) in [6.07, 6.45) is 0. The second-order valence-electron chi connectivity index (χ2n) is 4.30. The highest BCUT2D eigenvalue weighted by Crippen LogP contribution is 2.27. The zero-order valence-corrected chi connectivity index (χ0v) is 11.7. The maximum Gasteiger partial charge on any atom is 0.184 e. The molecule has 0 radical (unpaired) electrons. The molecule has 2 rings (SSSR count). The fourth-order valence-electron chi connectivity index (χ4n) is 1.74. The fourth-order valence-corrected chi connectivity index (χ4v) is 3.41. The highest BCUT2D eigenvalue weighted by Gasteiger charge is 2.21. The van der Waals surface area contributed by atoms with Crippen molar-refractivity contribution in [1.82, 2.24) is 0 Å². The lowest BCUT2D eigenvalue weighted by atomic mass is 10.2. The summed E-state index contributed by atoms with van der Waals surface area (Å²) in [4.78, 5) is 0.424. The van der Waals surface area contributed by atoms with Crippen LogP contribution < -0.4 is 0 Å². The maximum absolute atomic E-state index is 13.9. The number of halogens is 1. The topological polar surface area (TPSA) is 29.4 Å². The molecule has 0 bridgehead atoms. The molecule has 2 aromatic carbocycles. The lowest BCUT2D eigenvalue weighted by molar-refractivity contribution is 0.464. The van der Waals surface area contributed by atoms with Gasteiger partial charge in [-0.2, -0.15) is 4.36 Å². The summed E-state index contributed by atoms with van der Waals surface area (Å²) in [5.74, 6) is 0. The highest BCUT2D eigenvalue weighted by molar-refractivity contribution is 7.94. The fraction of sp³-hybridized carbons (Fsp3) is 0.200. The third kappa shape index (κ3) is 2.84. The molecule has 19 heavy (non-hydrogen) atoms. The summed E-state index contributed by atoms with van der Waals surface area (Å²) in [5, 5.41) is 0. The third-order valence-electron chi connectivity index (χ3n) is 2.87. The first-order chi connectivity index (χ1) is 9.04. The van der Waals surface area contributed by atoms with Crippen LogP contribution in [0.3, 0.4) is 0 Å². The molecule has 0 spiro atoms. The Hall–Kier alpha value is -1.68. The number of hydrogen-bond acceptors (Lipinski definition) is 2. The molecule has 0 saturated heterocycles. The van der Waals surface area contributed by atoms with Crippen molar-refractivity contribution < 1.29 is 8.60 Å². The second-order valence-corrected chi connectivity index (χ2v) is 6.74. The summed E-state index contributed by atoms with van der Waals surface area (Å²) in [7, 11) is -3.10. The van der Waals surface area contributed by atoms with Gasteiger partial charge in [0.15, 0.2) is 5.50 Å². The van der Waals surface area contributed by atoms with E-state index >= 15 is 0 Å². The van der Waals surface area contributed by atoms with E-state index in [4.69, 9.17) is 0 Å². The normalized spacial score (nSPS) is 15.5. The molecule has 2 atom stereocenters. The van der Waals surface area contributed by atoms with E-state index < -0.39 is 15.2 Å². The maximum atomic E-state index is 13.9. The molecule has 2 nitrogen and oxygen atoms in total. The van der Waals surface area contributed by atoms with Gasteiger partial charge in [0.05, 0.1) is 10.6 Å². The van der Waals surface area contributed by atoms with Gasteiger partial charge in [-0.1, -0.05) is 36.4 Å². The molecule has 0 aliphatic carbocycles. The van der Waals surface area contributed by atoms with Crippen LogP contribution in [-0.4, -0.2) is 9.71 Å². The number of alkyl halides is 1. The van der Waals surface area contributed by atoms with E-state index in [9.17, 15) is 8.60 Å². The van der Waals surface area contributed by atoms with Crippen molar-refractivity contribution in [2.45, 2.75) is 24.2 Å². The smallest absolute Gasteiger partial charge is 0.184 e. The van der Waals surface area contributed by atoms with Crippen LogP contribution in [0.5, 0.6) is 0 Å². The molecule has 100 valence electrons. The number of nitrogens with zero attached hydrogens (tertiary/aromatic N) is 1. The minimum atomic E-state index is -3.10. The number of aryl methyl sites for hydroxylation is 1. The second kappa shape index (κ2) is 5.53. The predicted octanol–water partition coefficient (Wildman–Crippen LogP) is 4.47. The van der Waals surface area contributed by atoms with E-state index in [0.717, 1.165) is 5.56 Å². The monoisotopic (exact) mass is 277 g/mol. The van der Waals surface area contributed by atoms with Gasteiger partial charge < -0.3 is 0 Å². The van der Waals surface area contributed by atoms with E-state index in [2.05, 4.69) is 4.36 Å². The Balaban J connectivity index is 2.66.